The first kappa shape index (κ1) is 23.2. The molecular formula is C24H29N7O3. The van der Waals surface area contributed by atoms with Gasteiger partial charge in [0.05, 0.1) is 23.4 Å². The third-order valence-corrected chi connectivity index (χ3v) is 5.99. The van der Waals surface area contributed by atoms with Crippen molar-refractivity contribution in [1.29, 1.82) is 0 Å². The number of carbonyl (C=O) groups excluding carboxylic acids is 1. The maximum absolute atomic E-state index is 13.5. The monoisotopic (exact) mass is 463 g/mol. The number of nitrogens with one attached hydrogen (secondary N) is 1. The van der Waals surface area contributed by atoms with E-state index in [2.05, 4.69) is 15.4 Å². The SMILES string of the molecule is CCCCn1c(=O)n(CC(=O)Nc2c(C)nn(C)c2C)c(=O)c2c1ncn2Cc1ccccc1. The number of hydrogen-bond donors (Lipinski definition) is 1. The summed E-state index contributed by atoms with van der Waals surface area (Å²) in [6.07, 6.45) is 3.20. The second-order valence-corrected chi connectivity index (χ2v) is 8.43. The zero-order valence-corrected chi connectivity index (χ0v) is 19.9. The normalized spacial score (nSPS) is 11.3. The lowest BCUT2D eigenvalue weighted by atomic mass is 10.2. The number of carbonyl (C=O) groups is 1. The van der Waals surface area contributed by atoms with E-state index in [1.807, 2.05) is 44.2 Å². The van der Waals surface area contributed by atoms with Gasteiger partial charge in [0.1, 0.15) is 6.54 Å². The smallest absolute Gasteiger partial charge is 0.321 e. The number of benzene rings is 1. The van der Waals surface area contributed by atoms with Crippen molar-refractivity contribution in [3.63, 3.8) is 0 Å². The minimum absolute atomic E-state index is 0.307. The van der Waals surface area contributed by atoms with E-state index in [0.29, 0.717) is 35.6 Å². The molecule has 0 bridgehead atoms. The molecule has 3 heterocycles. The molecule has 0 aliphatic rings. The van der Waals surface area contributed by atoms with Gasteiger partial charge in [-0.1, -0.05) is 43.7 Å². The van der Waals surface area contributed by atoms with Gasteiger partial charge in [-0.15, -0.1) is 0 Å². The van der Waals surface area contributed by atoms with Gasteiger partial charge in [0, 0.05) is 20.1 Å². The van der Waals surface area contributed by atoms with Gasteiger partial charge in [0.25, 0.3) is 5.56 Å². The van der Waals surface area contributed by atoms with Crippen molar-refractivity contribution in [1.82, 2.24) is 28.5 Å². The van der Waals surface area contributed by atoms with Crippen LogP contribution in [0.25, 0.3) is 11.2 Å². The van der Waals surface area contributed by atoms with Gasteiger partial charge in [-0.05, 0) is 25.8 Å². The van der Waals surface area contributed by atoms with Crippen LogP contribution in [0.4, 0.5) is 5.69 Å². The largest absolute Gasteiger partial charge is 0.333 e. The molecule has 4 aromatic rings. The minimum atomic E-state index is -0.536. The zero-order chi connectivity index (χ0) is 24.4. The van der Waals surface area contributed by atoms with Crippen molar-refractivity contribution in [3.05, 3.63) is 74.4 Å². The number of imidazole rings is 1. The molecule has 0 radical (unpaired) electrons. The van der Waals surface area contributed by atoms with Crippen LogP contribution in [-0.2, 0) is 31.5 Å². The van der Waals surface area contributed by atoms with Crippen LogP contribution in [-0.4, -0.2) is 34.4 Å². The highest BCUT2D eigenvalue weighted by Crippen LogP contribution is 2.18. The van der Waals surface area contributed by atoms with Gasteiger partial charge in [-0.2, -0.15) is 5.10 Å². The quantitative estimate of drug-likeness (QED) is 0.431. The second-order valence-electron chi connectivity index (χ2n) is 8.43. The Morgan fingerprint density at radius 2 is 1.82 bits per heavy atom. The maximum atomic E-state index is 13.5. The van der Waals surface area contributed by atoms with Crippen molar-refractivity contribution in [2.75, 3.05) is 5.32 Å². The van der Waals surface area contributed by atoms with E-state index in [0.717, 1.165) is 28.7 Å². The van der Waals surface area contributed by atoms with Gasteiger partial charge in [0.2, 0.25) is 5.91 Å². The van der Waals surface area contributed by atoms with E-state index in [1.165, 1.54) is 4.57 Å². The molecular weight excluding hydrogens is 434 g/mol. The molecule has 0 aliphatic carbocycles. The molecule has 1 N–H and O–H groups in total. The van der Waals surface area contributed by atoms with Crippen LogP contribution in [0.1, 0.15) is 36.7 Å². The topological polar surface area (TPSA) is 109 Å². The highest BCUT2D eigenvalue weighted by Gasteiger charge is 2.21. The van der Waals surface area contributed by atoms with E-state index in [-0.39, 0.29) is 0 Å². The highest BCUT2D eigenvalue weighted by atomic mass is 16.2. The van der Waals surface area contributed by atoms with Gasteiger partial charge < -0.3 is 9.88 Å². The van der Waals surface area contributed by atoms with Crippen LogP contribution in [0, 0.1) is 13.8 Å². The number of anilines is 1. The number of rotatable bonds is 8. The molecule has 0 atom stereocenters. The predicted molar refractivity (Wildman–Crippen MR) is 130 cm³/mol. The Morgan fingerprint density at radius 3 is 2.47 bits per heavy atom. The van der Waals surface area contributed by atoms with Crippen molar-refractivity contribution in [3.8, 4) is 0 Å². The summed E-state index contributed by atoms with van der Waals surface area (Å²) in [5.41, 5.74) is 2.62. The summed E-state index contributed by atoms with van der Waals surface area (Å²) < 4.78 is 5.90. The highest BCUT2D eigenvalue weighted by molar-refractivity contribution is 5.91. The summed E-state index contributed by atoms with van der Waals surface area (Å²) in [4.78, 5) is 44.1. The summed E-state index contributed by atoms with van der Waals surface area (Å²) in [7, 11) is 1.79. The Bertz CT molecular complexity index is 1460. The fourth-order valence-corrected chi connectivity index (χ4v) is 4.07. The molecule has 1 aromatic carbocycles. The molecule has 0 saturated heterocycles. The summed E-state index contributed by atoms with van der Waals surface area (Å²) in [5.74, 6) is -0.464. The molecule has 0 fully saturated rings. The number of amides is 1. The van der Waals surface area contributed by atoms with Gasteiger partial charge in [-0.25, -0.2) is 14.3 Å². The molecule has 0 saturated carbocycles. The molecule has 1 amide bonds. The first-order valence-electron chi connectivity index (χ1n) is 11.3. The number of hydrogen-bond acceptors (Lipinski definition) is 5. The van der Waals surface area contributed by atoms with Gasteiger partial charge in [0.15, 0.2) is 11.2 Å². The molecule has 34 heavy (non-hydrogen) atoms. The lowest BCUT2D eigenvalue weighted by molar-refractivity contribution is -0.116. The molecule has 178 valence electrons. The molecule has 0 unspecified atom stereocenters. The third-order valence-electron chi connectivity index (χ3n) is 5.99. The molecule has 10 heteroatoms. The van der Waals surface area contributed by atoms with E-state index in [9.17, 15) is 14.4 Å². The second kappa shape index (κ2) is 9.50. The van der Waals surface area contributed by atoms with E-state index in [1.54, 1.807) is 29.5 Å². The number of aryl methyl sites for hydroxylation is 3. The van der Waals surface area contributed by atoms with E-state index < -0.39 is 23.7 Å². The van der Waals surface area contributed by atoms with Crippen molar-refractivity contribution >= 4 is 22.8 Å². The van der Waals surface area contributed by atoms with E-state index >= 15 is 0 Å². The Morgan fingerprint density at radius 1 is 1.09 bits per heavy atom. The van der Waals surface area contributed by atoms with Crippen LogP contribution >= 0.6 is 0 Å². The fraction of sp³-hybridized carbons (Fsp3) is 0.375. The van der Waals surface area contributed by atoms with Gasteiger partial charge >= 0.3 is 5.69 Å². The number of nitrogens with zero attached hydrogens (tertiary/aromatic N) is 6. The maximum Gasteiger partial charge on any atom is 0.333 e. The lowest BCUT2D eigenvalue weighted by Gasteiger charge is -2.13. The number of unbranched alkanes of at least 4 members (excludes halogenated alkanes) is 1. The average Bonchev–Trinajstić information content (AvgIpc) is 3.33. The van der Waals surface area contributed by atoms with Crippen LogP contribution < -0.4 is 16.6 Å². The number of fused-ring (bicyclic) bond motifs is 1. The standard InChI is InChI=1S/C24H29N7O3/c1-5-6-12-30-22-21(29(15-25-22)13-18-10-8-7-9-11-18)23(33)31(24(30)34)14-19(32)26-20-16(2)27-28(4)17(20)3/h7-11,15H,5-6,12-14H2,1-4H3,(H,26,32). The molecule has 3 aromatic heterocycles. The predicted octanol–water partition coefficient (Wildman–Crippen LogP) is 2.20. The fourth-order valence-electron chi connectivity index (χ4n) is 4.07. The van der Waals surface area contributed by atoms with Crippen LogP contribution in [0.3, 0.4) is 0 Å². The zero-order valence-electron chi connectivity index (χ0n) is 19.9. The molecule has 10 nitrogen and oxygen atoms in total. The van der Waals surface area contributed by atoms with E-state index in [4.69, 9.17) is 0 Å². The summed E-state index contributed by atoms with van der Waals surface area (Å²) in [6, 6.07) is 9.70. The first-order valence-corrected chi connectivity index (χ1v) is 11.3. The Labute approximate surface area is 196 Å². The Hall–Kier alpha value is -3.95. The minimum Gasteiger partial charge on any atom is -0.321 e. The summed E-state index contributed by atoms with van der Waals surface area (Å²) in [6.45, 7) is 6.10. The Kier molecular flexibility index (Phi) is 6.49. The number of aromatic nitrogens is 6. The van der Waals surface area contributed by atoms with Crippen LogP contribution in [0.5, 0.6) is 0 Å². The van der Waals surface area contributed by atoms with Crippen LogP contribution in [0.15, 0.2) is 46.2 Å². The average molecular weight is 464 g/mol. The molecule has 0 aliphatic heterocycles. The van der Waals surface area contributed by atoms with Gasteiger partial charge in [-0.3, -0.25) is 18.8 Å². The van der Waals surface area contributed by atoms with Crippen molar-refractivity contribution in [2.24, 2.45) is 7.05 Å². The first-order chi connectivity index (χ1) is 16.3. The summed E-state index contributed by atoms with van der Waals surface area (Å²) >= 11 is 0. The van der Waals surface area contributed by atoms with Crippen molar-refractivity contribution < 1.29 is 4.79 Å². The van der Waals surface area contributed by atoms with Crippen LogP contribution in [0.2, 0.25) is 0 Å². The third kappa shape index (κ3) is 4.30. The molecule has 4 rings (SSSR count). The Balaban J connectivity index is 1.77. The van der Waals surface area contributed by atoms with Crippen molar-refractivity contribution in [2.45, 2.75) is 53.2 Å². The molecule has 0 spiro atoms. The lowest BCUT2D eigenvalue weighted by Crippen LogP contribution is -2.43. The summed E-state index contributed by atoms with van der Waals surface area (Å²) in [5, 5.41) is 7.10.